The Balaban J connectivity index is 0.000000187. The second-order valence-corrected chi connectivity index (χ2v) is 37.6. The first kappa shape index (κ1) is 98.2. The fourth-order valence-electron chi connectivity index (χ4n) is 16.9. The molecule has 694 valence electrons. The number of cyclic esters (lactones) is 3. The molecule has 13 atom stereocenters. The molecule has 15 bridgehead atoms. The van der Waals surface area contributed by atoms with Gasteiger partial charge in [-0.3, -0.25) is 87.5 Å². The number of hydrazine groups is 3. The molecule has 3 aromatic heterocycles. The van der Waals surface area contributed by atoms with Crippen LogP contribution in [0.15, 0.2) is 109 Å². The lowest BCUT2D eigenvalue weighted by Crippen LogP contribution is -2.62. The maximum absolute atomic E-state index is 14.0. The smallest absolute Gasteiger partial charge is 0.316 e. The molecule has 3 saturated heterocycles. The first-order chi connectivity index (χ1) is 61.1. The third-order valence-corrected chi connectivity index (χ3v) is 25.8. The van der Waals surface area contributed by atoms with Crippen molar-refractivity contribution in [2.45, 2.75) is 261 Å². The van der Waals surface area contributed by atoms with Crippen LogP contribution in [0.4, 0.5) is 0 Å². The average molecular weight is 1780 g/mol. The highest BCUT2D eigenvalue weighted by atomic mass is 16.6. The van der Waals surface area contributed by atoms with Gasteiger partial charge in [0.05, 0.1) is 74.6 Å². The van der Waals surface area contributed by atoms with Crippen LogP contribution < -0.4 is 37.5 Å². The van der Waals surface area contributed by atoms with Gasteiger partial charge in [-0.25, -0.2) is 16.3 Å². The molecule has 31 heteroatoms. The Labute approximate surface area is 756 Å². The Kier molecular flexibility index (Phi) is 32.3. The summed E-state index contributed by atoms with van der Waals surface area (Å²) in [5.74, 6) is -5.71. The van der Waals surface area contributed by atoms with Crippen LogP contribution in [-0.4, -0.2) is 211 Å². The molecule has 129 heavy (non-hydrogen) atoms. The molecule has 9 amide bonds. The number of esters is 3. The van der Waals surface area contributed by atoms with Crippen LogP contribution in [0.25, 0.3) is 50.9 Å². The largest absolute Gasteiger partial charge is 0.451 e. The van der Waals surface area contributed by atoms with Crippen molar-refractivity contribution in [3.05, 3.63) is 143 Å². The highest BCUT2D eigenvalue weighted by Gasteiger charge is 2.46. The van der Waals surface area contributed by atoms with Crippen molar-refractivity contribution in [2.75, 3.05) is 40.3 Å². The van der Waals surface area contributed by atoms with Crippen molar-refractivity contribution < 1.29 is 76.9 Å². The molecule has 8 N–H and O–H groups in total. The van der Waals surface area contributed by atoms with E-state index in [9.17, 15) is 62.6 Å². The Morgan fingerprint density at radius 1 is 0.426 bits per heavy atom. The van der Waals surface area contributed by atoms with Gasteiger partial charge in [-0.05, 0) is 203 Å². The third-order valence-electron chi connectivity index (χ3n) is 25.8. The van der Waals surface area contributed by atoms with Crippen molar-refractivity contribution in [2.24, 2.45) is 39.9 Å². The molecule has 4 fully saturated rings. The summed E-state index contributed by atoms with van der Waals surface area (Å²) in [5.41, 5.74) is 13.3. The van der Waals surface area contributed by atoms with Crippen molar-refractivity contribution in [3.8, 4) is 0 Å². The van der Waals surface area contributed by atoms with E-state index in [2.05, 4.69) is 44.5 Å². The van der Waals surface area contributed by atoms with Crippen LogP contribution in [0, 0.1) is 39.9 Å². The summed E-state index contributed by atoms with van der Waals surface area (Å²) in [6, 6.07) is 23.3. The number of amides is 9. The first-order valence-corrected chi connectivity index (χ1v) is 45.6. The predicted octanol–water partition coefficient (Wildman–Crippen LogP) is 10.7. The molecule has 31 nitrogen and oxygen atoms in total. The number of carbonyl (C=O) groups is 12. The van der Waals surface area contributed by atoms with Crippen LogP contribution in [-0.2, 0) is 71.7 Å². The lowest BCUT2D eigenvalue weighted by atomic mass is 9.70. The first-order valence-electron chi connectivity index (χ1n) is 45.6. The molecule has 9 heterocycles. The maximum atomic E-state index is 14.0. The van der Waals surface area contributed by atoms with E-state index < -0.39 is 125 Å². The van der Waals surface area contributed by atoms with Gasteiger partial charge in [0.15, 0.2) is 18.3 Å². The number of rotatable bonds is 6. The van der Waals surface area contributed by atoms with Crippen LogP contribution in [0.5, 0.6) is 0 Å². The van der Waals surface area contributed by atoms with Crippen molar-refractivity contribution in [1.29, 1.82) is 0 Å². The number of aliphatic hydroxyl groups excluding tert-OH is 1. The molecule has 6 aliphatic heterocycles. The van der Waals surface area contributed by atoms with E-state index in [1.807, 2.05) is 170 Å². The molecule has 1 spiro atoms. The summed E-state index contributed by atoms with van der Waals surface area (Å²) in [6.07, 6.45) is 15.5. The lowest BCUT2D eigenvalue weighted by molar-refractivity contribution is -0.168. The number of hydrogen-bond donors (Lipinski definition) is 8. The molecule has 1 unspecified atom stereocenters. The summed E-state index contributed by atoms with van der Waals surface area (Å²) in [5, 5.41) is 28.0. The molecule has 6 aromatic rings. The monoisotopic (exact) mass is 1770 g/mol. The average Bonchev–Trinajstić information content (AvgIpc) is 1.02. The number of nitrogens with one attached hydrogen (secondary N) is 7. The highest BCUT2D eigenvalue weighted by Crippen LogP contribution is 2.43. The number of aliphatic hydroxyl groups is 1. The molecule has 1 aliphatic carbocycles. The zero-order valence-corrected chi connectivity index (χ0v) is 77.8. The number of fused-ring (bicyclic) bond motifs is 12. The Bertz CT molecular complexity index is 5250. The Morgan fingerprint density at radius 2 is 0.798 bits per heavy atom. The van der Waals surface area contributed by atoms with Gasteiger partial charge < -0.3 is 50.4 Å². The van der Waals surface area contributed by atoms with Gasteiger partial charge in [-0.1, -0.05) is 153 Å². The predicted molar refractivity (Wildman–Crippen MR) is 490 cm³/mol. The molecular formula is C98H131N15O16. The van der Waals surface area contributed by atoms with Crippen LogP contribution in [0.3, 0.4) is 0 Å². The topological polar surface area (TPSA) is 392 Å². The molecule has 13 rings (SSSR count). The standard InChI is InChI=1S/C35H47N5O5.C32H43N5O5.C31H41N5O6/c1-21(2)30-31(41)36-23(4)32(42)40-19-7-8-28(38-40)33(43)39(6)24(5)27-12-11-26-10-9-25(20-29(26)37-27)15-18-35(34(44)45-30)16-13-22(3)14-17-35;1-7-15-32(6)16-14-22-10-11-23-12-13-24(35-26(23)18-22)20(4)33-28(38)25-9-8-17-37(36-25)30(40)21(5)34-29(39)27(19(2)3)42-31(32)41;1-18(2)26-27(38)33-25(17-37)29(40)36-15-7-8-23(34-36)28(39)35(6)19(3)22-12-11-21-10-9-20(16-24(21)32-22)13-14-31(4,5)30(41)42-26/h9-12,15,18,20-24,28,30,38H,7-8,13-14,16-17,19H2,1-6H3,(H,36,41);10-14,16,18-21,25,27,36H,7-9,15,17H2,1-6H3,(H,33,38)(H,34,39);9-14,16,18-19,23,25-26,34,37H,7-8,15,17H2,1-6H3,(H,33,38)/b18-15+;16-14+;14-13+/t22?,23-,24+,28-,30-,35?;20-,21+,25+,27?,32-;19-,23+,25+,26+/m011/s1. The number of nitrogens with zero attached hydrogens (tertiary/aromatic N) is 8. The van der Waals surface area contributed by atoms with Gasteiger partial charge in [-0.15, -0.1) is 0 Å². The number of pyridine rings is 3. The van der Waals surface area contributed by atoms with Gasteiger partial charge in [0, 0.05) is 49.9 Å². The third kappa shape index (κ3) is 23.6. The summed E-state index contributed by atoms with van der Waals surface area (Å²) < 4.78 is 17.6. The summed E-state index contributed by atoms with van der Waals surface area (Å²) in [4.78, 5) is 179. The summed E-state index contributed by atoms with van der Waals surface area (Å²) in [6.45, 7) is 29.4. The minimum atomic E-state index is -1.29. The number of ether oxygens (including phenoxy) is 3. The van der Waals surface area contributed by atoms with Crippen molar-refractivity contribution in [1.82, 2.24) is 77.3 Å². The molecule has 3 aromatic carbocycles. The minimum absolute atomic E-state index is 0.139. The van der Waals surface area contributed by atoms with Gasteiger partial charge in [0.25, 0.3) is 35.4 Å². The second-order valence-electron chi connectivity index (χ2n) is 37.6. The minimum Gasteiger partial charge on any atom is -0.451 e. The second kappa shape index (κ2) is 42.4. The van der Waals surface area contributed by atoms with E-state index in [1.165, 1.54) is 15.0 Å². The van der Waals surface area contributed by atoms with Gasteiger partial charge >= 0.3 is 17.9 Å². The summed E-state index contributed by atoms with van der Waals surface area (Å²) in [7, 11) is 3.46. The van der Waals surface area contributed by atoms with Gasteiger partial charge in [-0.2, -0.15) is 0 Å². The number of aromatic nitrogens is 3. The van der Waals surface area contributed by atoms with Gasteiger partial charge in [0.1, 0.15) is 36.3 Å². The number of likely N-dealkylation sites (N-methyl/N-ethyl adjacent to an activating group) is 2. The Hall–Kier alpha value is -11.4. The molecular weight excluding hydrogens is 1640 g/mol. The molecule has 7 aliphatic rings. The molecule has 0 radical (unpaired) electrons. The van der Waals surface area contributed by atoms with Crippen LogP contribution in [0.1, 0.15) is 240 Å². The van der Waals surface area contributed by atoms with E-state index in [1.54, 1.807) is 85.4 Å². The zero-order valence-electron chi connectivity index (χ0n) is 77.8. The Morgan fingerprint density at radius 3 is 1.24 bits per heavy atom. The van der Waals surface area contributed by atoms with E-state index in [0.717, 1.165) is 74.4 Å². The number of carbonyl (C=O) groups excluding carboxylic acids is 12. The normalized spacial score (nSPS) is 29.0. The van der Waals surface area contributed by atoms with Crippen LogP contribution in [0.2, 0.25) is 0 Å². The van der Waals surface area contributed by atoms with Gasteiger partial charge in [0.2, 0.25) is 17.7 Å². The lowest BCUT2D eigenvalue weighted by Gasteiger charge is -2.38. The van der Waals surface area contributed by atoms with Crippen LogP contribution >= 0.6 is 0 Å². The van der Waals surface area contributed by atoms with E-state index in [4.69, 9.17) is 29.2 Å². The SMILES string of the molecule is CC(C)[C@@H]1OC(=O)C(C)(C)/C=C/c2ccc3ccc(nc3c2)[C@@H](C)N(C)C(=O)[C@@H]2CCCN(N2)C(=O)[C@H](CO)NC1=O.CC1CCC2(/C=C/c3ccc4ccc(nc4c3)[C@@H](C)N(C)C(=O)[C@@H]3CCCN(N3)C(=O)[C@H](C)NC(=O)[C@H](C(C)C)OC2=O)CC1.CCC[C@]1(C)/C=C/c2ccc3ccc(nc3c2)[C@@H](C)NC(=O)[C@@H]2CCCN(N2)C(=O)[C@H](C)NC(=O)C(C(C)C)OC1=O. The van der Waals surface area contributed by atoms with E-state index >= 15 is 0 Å². The number of benzene rings is 3. The molecule has 1 saturated carbocycles. The quantitative estimate of drug-likeness (QED) is 0.0567. The maximum Gasteiger partial charge on any atom is 0.316 e. The van der Waals surface area contributed by atoms with E-state index in [0.29, 0.717) is 94.7 Å². The fraction of sp³-hybridized carbons (Fsp3) is 0.541. The van der Waals surface area contributed by atoms with Crippen molar-refractivity contribution >= 4 is 122 Å². The van der Waals surface area contributed by atoms with Crippen molar-refractivity contribution in [3.63, 3.8) is 0 Å². The van der Waals surface area contributed by atoms with E-state index in [-0.39, 0.29) is 59.5 Å². The zero-order chi connectivity index (χ0) is 93.8. The highest BCUT2D eigenvalue weighted by molar-refractivity contribution is 5.96. The number of hydrogen-bond acceptors (Lipinski definition) is 22. The summed E-state index contributed by atoms with van der Waals surface area (Å²) >= 11 is 0. The fourth-order valence-corrected chi connectivity index (χ4v) is 16.9.